The molecule has 12 heteroatoms. The number of benzene rings is 1. The molecular formula is C17H20F3N5O3S. The van der Waals surface area contributed by atoms with E-state index in [9.17, 15) is 26.7 Å². The molecule has 0 saturated carbocycles. The van der Waals surface area contributed by atoms with Gasteiger partial charge in [-0.15, -0.1) is 10.2 Å². The van der Waals surface area contributed by atoms with Crippen LogP contribution in [-0.2, 0) is 16.2 Å². The summed E-state index contributed by atoms with van der Waals surface area (Å²) in [5.41, 5.74) is -0.324. The van der Waals surface area contributed by atoms with Crippen molar-refractivity contribution in [1.29, 1.82) is 0 Å². The highest BCUT2D eigenvalue weighted by molar-refractivity contribution is 7.88. The van der Waals surface area contributed by atoms with Crippen LogP contribution in [0.1, 0.15) is 18.2 Å². The minimum atomic E-state index is -4.57. The SMILES string of the molecule is Cc1nc(N2CCN(S(C)(=O)=O)C(C)C2)nnc1-c1ccc(C(F)(F)F)cc1O. The van der Waals surface area contributed by atoms with Gasteiger partial charge in [0.25, 0.3) is 0 Å². The second kappa shape index (κ2) is 7.41. The van der Waals surface area contributed by atoms with Gasteiger partial charge in [-0.1, -0.05) is 0 Å². The van der Waals surface area contributed by atoms with Gasteiger partial charge in [-0.2, -0.15) is 17.5 Å². The van der Waals surface area contributed by atoms with Crippen molar-refractivity contribution >= 4 is 16.0 Å². The van der Waals surface area contributed by atoms with Crippen LogP contribution in [0.5, 0.6) is 5.75 Å². The highest BCUT2D eigenvalue weighted by atomic mass is 32.2. The molecule has 1 unspecified atom stereocenters. The normalized spacial score (nSPS) is 18.8. The van der Waals surface area contributed by atoms with Crippen LogP contribution in [0.3, 0.4) is 0 Å². The van der Waals surface area contributed by atoms with E-state index in [1.54, 1.807) is 18.7 Å². The number of sulfonamides is 1. The molecule has 3 rings (SSSR count). The van der Waals surface area contributed by atoms with Crippen molar-refractivity contribution < 1.29 is 26.7 Å². The van der Waals surface area contributed by atoms with Gasteiger partial charge in [0.05, 0.1) is 17.5 Å². The number of piperazine rings is 1. The zero-order valence-corrected chi connectivity index (χ0v) is 16.8. The van der Waals surface area contributed by atoms with Gasteiger partial charge in [0.15, 0.2) is 0 Å². The van der Waals surface area contributed by atoms with E-state index in [1.165, 1.54) is 4.31 Å². The average molecular weight is 431 g/mol. The van der Waals surface area contributed by atoms with Crippen LogP contribution in [0.2, 0.25) is 0 Å². The van der Waals surface area contributed by atoms with Crippen LogP contribution in [0.4, 0.5) is 19.1 Å². The largest absolute Gasteiger partial charge is 0.507 e. The number of hydrogen-bond donors (Lipinski definition) is 1. The molecule has 0 radical (unpaired) electrons. The van der Waals surface area contributed by atoms with Crippen LogP contribution >= 0.6 is 0 Å². The summed E-state index contributed by atoms with van der Waals surface area (Å²) in [5, 5.41) is 18.1. The third kappa shape index (κ3) is 4.42. The molecule has 1 aromatic carbocycles. The predicted octanol–water partition coefficient (Wildman–Crippen LogP) is 2.04. The van der Waals surface area contributed by atoms with Crippen molar-refractivity contribution in [2.45, 2.75) is 26.1 Å². The molecule has 0 bridgehead atoms. The lowest BCUT2D eigenvalue weighted by atomic mass is 10.1. The predicted molar refractivity (Wildman–Crippen MR) is 99.9 cm³/mol. The molecule has 29 heavy (non-hydrogen) atoms. The monoisotopic (exact) mass is 431 g/mol. The fourth-order valence-electron chi connectivity index (χ4n) is 3.30. The number of hydrogen-bond acceptors (Lipinski definition) is 7. The van der Waals surface area contributed by atoms with Crippen LogP contribution in [0.15, 0.2) is 18.2 Å². The van der Waals surface area contributed by atoms with Gasteiger partial charge in [-0.25, -0.2) is 13.4 Å². The number of halogens is 3. The summed E-state index contributed by atoms with van der Waals surface area (Å²) in [6.07, 6.45) is -3.41. The summed E-state index contributed by atoms with van der Waals surface area (Å²) in [5.74, 6) is -0.278. The second-order valence-electron chi connectivity index (χ2n) is 6.94. The molecule has 1 N–H and O–H groups in total. The van der Waals surface area contributed by atoms with Crippen molar-refractivity contribution in [2.24, 2.45) is 0 Å². The number of aromatic nitrogens is 3. The number of aryl methyl sites for hydroxylation is 1. The summed E-state index contributed by atoms with van der Waals surface area (Å²) >= 11 is 0. The van der Waals surface area contributed by atoms with Gasteiger partial charge in [-0.05, 0) is 32.0 Å². The zero-order chi connectivity index (χ0) is 21.6. The molecule has 1 atom stereocenters. The average Bonchev–Trinajstić information content (AvgIpc) is 2.60. The molecule has 1 aliphatic rings. The van der Waals surface area contributed by atoms with Crippen LogP contribution < -0.4 is 4.90 Å². The van der Waals surface area contributed by atoms with Crippen molar-refractivity contribution in [3.8, 4) is 17.0 Å². The van der Waals surface area contributed by atoms with E-state index in [4.69, 9.17) is 0 Å². The molecule has 0 amide bonds. The number of phenols is 1. The molecule has 2 heterocycles. The van der Waals surface area contributed by atoms with Gasteiger partial charge in [-0.3, -0.25) is 0 Å². The number of aromatic hydroxyl groups is 1. The van der Waals surface area contributed by atoms with Crippen molar-refractivity contribution in [1.82, 2.24) is 19.5 Å². The first-order valence-corrected chi connectivity index (χ1v) is 10.6. The molecule has 1 fully saturated rings. The molecule has 1 aliphatic heterocycles. The number of rotatable bonds is 3. The Morgan fingerprint density at radius 3 is 2.41 bits per heavy atom. The Hall–Kier alpha value is -2.47. The topological polar surface area (TPSA) is 99.5 Å². The first kappa shape index (κ1) is 21.2. The fourth-order valence-corrected chi connectivity index (χ4v) is 4.43. The Balaban J connectivity index is 1.85. The lowest BCUT2D eigenvalue weighted by Crippen LogP contribution is -2.54. The first-order valence-electron chi connectivity index (χ1n) is 8.71. The first-order chi connectivity index (χ1) is 13.4. The van der Waals surface area contributed by atoms with Crippen molar-refractivity contribution in [2.75, 3.05) is 30.8 Å². The van der Waals surface area contributed by atoms with Crippen LogP contribution in [-0.4, -0.2) is 64.9 Å². The minimum Gasteiger partial charge on any atom is -0.507 e. The third-order valence-corrected chi connectivity index (χ3v) is 6.10. The number of anilines is 1. The molecule has 2 aromatic rings. The quantitative estimate of drug-likeness (QED) is 0.794. The van der Waals surface area contributed by atoms with E-state index in [0.717, 1.165) is 18.4 Å². The number of nitrogens with zero attached hydrogens (tertiary/aromatic N) is 5. The Morgan fingerprint density at radius 2 is 1.90 bits per heavy atom. The maximum absolute atomic E-state index is 12.8. The molecule has 1 aromatic heterocycles. The number of alkyl halides is 3. The Morgan fingerprint density at radius 1 is 1.21 bits per heavy atom. The third-order valence-electron chi connectivity index (χ3n) is 4.71. The summed E-state index contributed by atoms with van der Waals surface area (Å²) in [7, 11) is -3.31. The summed E-state index contributed by atoms with van der Waals surface area (Å²) < 4.78 is 63.3. The summed E-state index contributed by atoms with van der Waals surface area (Å²) in [4.78, 5) is 6.15. The standard InChI is InChI=1S/C17H20F3N5O3S/c1-10-9-24(6-7-25(10)29(3,27)28)16-21-11(2)15(22-23-16)13-5-4-12(8-14(13)26)17(18,19)20/h4-5,8,10,26H,6-7,9H2,1-3H3. The molecule has 8 nitrogen and oxygen atoms in total. The van der Waals surface area contributed by atoms with Crippen molar-refractivity contribution in [3.05, 3.63) is 29.5 Å². The van der Waals surface area contributed by atoms with Crippen LogP contribution in [0.25, 0.3) is 11.3 Å². The van der Waals surface area contributed by atoms with Crippen LogP contribution in [0, 0.1) is 6.92 Å². The molecule has 158 valence electrons. The zero-order valence-electron chi connectivity index (χ0n) is 16.0. The Labute approximate surface area is 166 Å². The van der Waals surface area contributed by atoms with E-state index in [2.05, 4.69) is 15.2 Å². The van der Waals surface area contributed by atoms with Gasteiger partial charge in [0, 0.05) is 31.2 Å². The number of phenolic OH excluding ortho intramolecular Hbond substituents is 1. The lowest BCUT2D eigenvalue weighted by molar-refractivity contribution is -0.137. The van der Waals surface area contributed by atoms with E-state index < -0.39 is 27.5 Å². The van der Waals surface area contributed by atoms with E-state index >= 15 is 0 Å². The summed E-state index contributed by atoms with van der Waals surface area (Å²) in [6.45, 7) is 4.43. The maximum Gasteiger partial charge on any atom is 0.416 e. The fraction of sp³-hybridized carbons (Fsp3) is 0.471. The van der Waals surface area contributed by atoms with E-state index in [1.807, 2.05) is 0 Å². The smallest absolute Gasteiger partial charge is 0.416 e. The Bertz CT molecular complexity index is 1030. The van der Waals surface area contributed by atoms with E-state index in [-0.39, 0.29) is 29.8 Å². The Kier molecular flexibility index (Phi) is 5.43. The molecule has 1 saturated heterocycles. The summed E-state index contributed by atoms with van der Waals surface area (Å²) in [6, 6.07) is 2.34. The van der Waals surface area contributed by atoms with Gasteiger partial charge in [0.1, 0.15) is 11.4 Å². The highest BCUT2D eigenvalue weighted by Gasteiger charge is 2.32. The van der Waals surface area contributed by atoms with Crippen molar-refractivity contribution in [3.63, 3.8) is 0 Å². The highest BCUT2D eigenvalue weighted by Crippen LogP contribution is 2.36. The molecular weight excluding hydrogens is 411 g/mol. The van der Waals surface area contributed by atoms with E-state index in [0.29, 0.717) is 24.8 Å². The van der Waals surface area contributed by atoms with Gasteiger partial charge >= 0.3 is 6.18 Å². The lowest BCUT2D eigenvalue weighted by Gasteiger charge is -2.38. The second-order valence-corrected chi connectivity index (χ2v) is 8.88. The van der Waals surface area contributed by atoms with Gasteiger partial charge in [0.2, 0.25) is 16.0 Å². The molecule has 0 spiro atoms. The molecule has 0 aliphatic carbocycles. The minimum absolute atomic E-state index is 0.0947. The van der Waals surface area contributed by atoms with Gasteiger partial charge < -0.3 is 10.0 Å². The maximum atomic E-state index is 12.8.